The number of rotatable bonds is 8. The quantitative estimate of drug-likeness (QED) is 0.755. The van der Waals surface area contributed by atoms with Gasteiger partial charge in [0.05, 0.1) is 0 Å². The Morgan fingerprint density at radius 3 is 2.52 bits per heavy atom. The molecule has 5 heteroatoms. The van der Waals surface area contributed by atoms with Crippen LogP contribution in [0.2, 0.25) is 0 Å². The maximum Gasteiger partial charge on any atom is 0.253 e. The fraction of sp³-hybridized carbons (Fsp3) is 0.364. The summed E-state index contributed by atoms with van der Waals surface area (Å²) in [5, 5.41) is 2.92. The van der Waals surface area contributed by atoms with Crippen LogP contribution in [0.4, 0.5) is 5.69 Å². The molecule has 2 aromatic carbocycles. The number of nitrogens with zero attached hydrogens (tertiary/aromatic N) is 1. The van der Waals surface area contributed by atoms with Crippen LogP contribution in [-0.4, -0.2) is 36.3 Å². The van der Waals surface area contributed by atoms with Crippen molar-refractivity contribution < 1.29 is 9.59 Å². The van der Waals surface area contributed by atoms with E-state index in [1.54, 1.807) is 23.1 Å². The van der Waals surface area contributed by atoms with Crippen molar-refractivity contribution >= 4 is 17.5 Å². The second kappa shape index (κ2) is 8.82. The fourth-order valence-corrected chi connectivity index (χ4v) is 3.21. The zero-order valence-electron chi connectivity index (χ0n) is 15.7. The van der Waals surface area contributed by atoms with Crippen LogP contribution in [0.1, 0.15) is 29.3 Å². The topological polar surface area (TPSA) is 75.4 Å². The summed E-state index contributed by atoms with van der Waals surface area (Å²) in [4.78, 5) is 26.9. The molecule has 2 aromatic rings. The van der Waals surface area contributed by atoms with Gasteiger partial charge in [0.2, 0.25) is 5.91 Å². The summed E-state index contributed by atoms with van der Waals surface area (Å²) >= 11 is 0. The van der Waals surface area contributed by atoms with Crippen LogP contribution in [0.25, 0.3) is 0 Å². The monoisotopic (exact) mass is 365 g/mol. The number of hydrogen-bond donors (Lipinski definition) is 2. The Labute approximate surface area is 160 Å². The molecule has 0 spiro atoms. The van der Waals surface area contributed by atoms with E-state index in [1.807, 2.05) is 24.3 Å². The van der Waals surface area contributed by atoms with Crippen LogP contribution in [0.15, 0.2) is 54.6 Å². The minimum absolute atomic E-state index is 0.0370. The Hall–Kier alpha value is -2.66. The molecule has 0 bridgehead atoms. The normalized spacial score (nSPS) is 18.0. The van der Waals surface area contributed by atoms with E-state index in [1.165, 1.54) is 5.56 Å². The number of nitrogens with one attached hydrogen (secondary N) is 1. The molecule has 0 radical (unpaired) electrons. The Kier molecular flexibility index (Phi) is 6.24. The van der Waals surface area contributed by atoms with Crippen LogP contribution < -0.4 is 11.1 Å². The predicted molar refractivity (Wildman–Crippen MR) is 107 cm³/mol. The van der Waals surface area contributed by atoms with Crippen LogP contribution in [0.3, 0.4) is 0 Å². The molecular formula is C22H27N3O2. The number of hydrogen-bond acceptors (Lipinski definition) is 3. The first kappa shape index (κ1) is 19.1. The van der Waals surface area contributed by atoms with E-state index in [0.29, 0.717) is 36.8 Å². The molecule has 0 aromatic heterocycles. The highest BCUT2D eigenvalue weighted by atomic mass is 16.2. The molecule has 2 unspecified atom stereocenters. The first-order valence-corrected chi connectivity index (χ1v) is 9.52. The van der Waals surface area contributed by atoms with Gasteiger partial charge in [-0.2, -0.15) is 0 Å². The summed E-state index contributed by atoms with van der Waals surface area (Å²) in [7, 11) is 0. The Morgan fingerprint density at radius 2 is 1.85 bits per heavy atom. The van der Waals surface area contributed by atoms with Gasteiger partial charge in [-0.05, 0) is 42.5 Å². The highest BCUT2D eigenvalue weighted by Gasteiger charge is 2.39. The molecule has 3 rings (SSSR count). The molecule has 0 aliphatic heterocycles. The van der Waals surface area contributed by atoms with Gasteiger partial charge in [0, 0.05) is 36.8 Å². The summed E-state index contributed by atoms with van der Waals surface area (Å²) in [5.74, 6) is 0.527. The van der Waals surface area contributed by atoms with E-state index >= 15 is 0 Å². The lowest BCUT2D eigenvalue weighted by Gasteiger charge is -2.22. The van der Waals surface area contributed by atoms with Crippen molar-refractivity contribution in [3.05, 3.63) is 65.7 Å². The SMILES string of the molecule is CC1CC1C(=O)Nc1cccc(C(=O)N(CCN)CCc2ccccc2)c1. The summed E-state index contributed by atoms with van der Waals surface area (Å²) < 4.78 is 0. The predicted octanol–water partition coefficient (Wildman–Crippen LogP) is 2.92. The molecule has 2 amide bonds. The first-order chi connectivity index (χ1) is 13.1. The van der Waals surface area contributed by atoms with Gasteiger partial charge in [-0.15, -0.1) is 0 Å². The zero-order chi connectivity index (χ0) is 19.2. The van der Waals surface area contributed by atoms with E-state index in [-0.39, 0.29) is 17.7 Å². The van der Waals surface area contributed by atoms with E-state index < -0.39 is 0 Å². The standard InChI is InChI=1S/C22H27N3O2/c1-16-14-20(16)21(26)24-19-9-5-8-18(15-19)22(27)25(13-11-23)12-10-17-6-3-2-4-7-17/h2-9,15-16,20H,10-14,23H2,1H3,(H,24,26). The molecule has 1 saturated carbocycles. The molecule has 1 aliphatic carbocycles. The molecule has 27 heavy (non-hydrogen) atoms. The second-order valence-electron chi connectivity index (χ2n) is 7.21. The summed E-state index contributed by atoms with van der Waals surface area (Å²) in [6, 6.07) is 17.2. The maximum atomic E-state index is 12.9. The number of amides is 2. The van der Waals surface area contributed by atoms with Crippen molar-refractivity contribution in [2.75, 3.05) is 25.0 Å². The van der Waals surface area contributed by atoms with Gasteiger partial charge in [-0.3, -0.25) is 9.59 Å². The van der Waals surface area contributed by atoms with Crippen LogP contribution in [0.5, 0.6) is 0 Å². The average Bonchev–Trinajstić information content (AvgIpc) is 3.42. The van der Waals surface area contributed by atoms with Crippen molar-refractivity contribution in [2.24, 2.45) is 17.6 Å². The summed E-state index contributed by atoms with van der Waals surface area (Å²) in [5.41, 5.74) is 8.13. The summed E-state index contributed by atoms with van der Waals surface area (Å²) in [6.45, 7) is 3.59. The molecule has 2 atom stereocenters. The largest absolute Gasteiger partial charge is 0.337 e. The molecule has 142 valence electrons. The van der Waals surface area contributed by atoms with Crippen LogP contribution >= 0.6 is 0 Å². The average molecular weight is 365 g/mol. The lowest BCUT2D eigenvalue weighted by molar-refractivity contribution is -0.117. The zero-order valence-corrected chi connectivity index (χ0v) is 15.7. The lowest BCUT2D eigenvalue weighted by atomic mass is 10.1. The van der Waals surface area contributed by atoms with Crippen LogP contribution in [0, 0.1) is 11.8 Å². The number of carbonyl (C=O) groups excluding carboxylic acids is 2. The van der Waals surface area contributed by atoms with Crippen molar-refractivity contribution in [3.8, 4) is 0 Å². The lowest BCUT2D eigenvalue weighted by Crippen LogP contribution is -2.37. The minimum atomic E-state index is -0.0627. The second-order valence-corrected chi connectivity index (χ2v) is 7.21. The van der Waals surface area contributed by atoms with E-state index in [0.717, 1.165) is 12.8 Å². The molecule has 3 N–H and O–H groups in total. The highest BCUT2D eigenvalue weighted by molar-refractivity contribution is 5.98. The van der Waals surface area contributed by atoms with E-state index in [4.69, 9.17) is 5.73 Å². The third-order valence-electron chi connectivity index (χ3n) is 5.02. The number of carbonyl (C=O) groups is 2. The van der Waals surface area contributed by atoms with E-state index in [2.05, 4.69) is 24.4 Å². The van der Waals surface area contributed by atoms with Gasteiger partial charge in [-0.1, -0.05) is 43.3 Å². The smallest absolute Gasteiger partial charge is 0.253 e. The van der Waals surface area contributed by atoms with Crippen molar-refractivity contribution in [1.29, 1.82) is 0 Å². The Morgan fingerprint density at radius 1 is 1.11 bits per heavy atom. The van der Waals surface area contributed by atoms with Gasteiger partial charge in [0.1, 0.15) is 0 Å². The first-order valence-electron chi connectivity index (χ1n) is 9.52. The van der Waals surface area contributed by atoms with Gasteiger partial charge in [0.25, 0.3) is 5.91 Å². The third kappa shape index (κ3) is 5.17. The third-order valence-corrected chi connectivity index (χ3v) is 5.02. The van der Waals surface area contributed by atoms with Gasteiger partial charge >= 0.3 is 0 Å². The minimum Gasteiger partial charge on any atom is -0.337 e. The Bertz CT molecular complexity index is 791. The number of anilines is 1. The molecular weight excluding hydrogens is 338 g/mol. The number of benzene rings is 2. The molecule has 1 fully saturated rings. The van der Waals surface area contributed by atoms with E-state index in [9.17, 15) is 9.59 Å². The molecule has 0 heterocycles. The van der Waals surface area contributed by atoms with Crippen molar-refractivity contribution in [1.82, 2.24) is 4.90 Å². The number of nitrogens with two attached hydrogens (primary N) is 1. The molecule has 1 aliphatic rings. The van der Waals surface area contributed by atoms with Gasteiger partial charge in [-0.25, -0.2) is 0 Å². The summed E-state index contributed by atoms with van der Waals surface area (Å²) in [6.07, 6.45) is 1.72. The molecule has 0 saturated heterocycles. The molecule has 5 nitrogen and oxygen atoms in total. The van der Waals surface area contributed by atoms with Crippen molar-refractivity contribution in [2.45, 2.75) is 19.8 Å². The van der Waals surface area contributed by atoms with Crippen molar-refractivity contribution in [3.63, 3.8) is 0 Å². The van der Waals surface area contributed by atoms with Gasteiger partial charge < -0.3 is 16.0 Å². The Balaban J connectivity index is 1.66. The highest BCUT2D eigenvalue weighted by Crippen LogP contribution is 2.38. The van der Waals surface area contributed by atoms with Gasteiger partial charge in [0.15, 0.2) is 0 Å². The maximum absolute atomic E-state index is 12.9. The van der Waals surface area contributed by atoms with Crippen LogP contribution in [-0.2, 0) is 11.2 Å². The fourth-order valence-electron chi connectivity index (χ4n) is 3.21.